The van der Waals surface area contributed by atoms with Gasteiger partial charge in [-0.3, -0.25) is 0 Å². The maximum atomic E-state index is 11.9. The first-order valence-electron chi connectivity index (χ1n) is 6.14. The average molecular weight is 309 g/mol. The summed E-state index contributed by atoms with van der Waals surface area (Å²) in [7, 11) is 0. The summed E-state index contributed by atoms with van der Waals surface area (Å²) in [5.74, 6) is 0. The predicted molar refractivity (Wildman–Crippen MR) is 83.5 cm³/mol. The second-order valence-electron chi connectivity index (χ2n) is 4.33. The van der Waals surface area contributed by atoms with E-state index < -0.39 is 0 Å². The Hall–Kier alpha value is -1.71. The fourth-order valence-electron chi connectivity index (χ4n) is 1.78. The van der Waals surface area contributed by atoms with Crippen LogP contribution < -0.4 is 10.6 Å². The smallest absolute Gasteiger partial charge is 0.319 e. The molecule has 0 aliphatic rings. The lowest BCUT2D eigenvalue weighted by Gasteiger charge is -2.15. The molecule has 2 aromatic rings. The molecule has 1 atom stereocenters. The summed E-state index contributed by atoms with van der Waals surface area (Å²) < 4.78 is 0. The quantitative estimate of drug-likeness (QED) is 0.834. The van der Waals surface area contributed by atoms with E-state index in [1.54, 1.807) is 18.2 Å². The highest BCUT2D eigenvalue weighted by molar-refractivity contribution is 6.43. The highest BCUT2D eigenvalue weighted by Crippen LogP contribution is 2.29. The van der Waals surface area contributed by atoms with Crippen molar-refractivity contribution in [1.29, 1.82) is 0 Å². The lowest BCUT2D eigenvalue weighted by Crippen LogP contribution is -2.31. The van der Waals surface area contributed by atoms with Gasteiger partial charge in [0.25, 0.3) is 0 Å². The largest absolute Gasteiger partial charge is 0.331 e. The number of nitrogens with one attached hydrogen (secondary N) is 2. The van der Waals surface area contributed by atoms with E-state index in [1.165, 1.54) is 0 Å². The van der Waals surface area contributed by atoms with Crippen molar-refractivity contribution in [1.82, 2.24) is 5.32 Å². The van der Waals surface area contributed by atoms with E-state index in [0.29, 0.717) is 15.7 Å². The van der Waals surface area contributed by atoms with Crippen molar-refractivity contribution < 1.29 is 4.79 Å². The Morgan fingerprint density at radius 2 is 1.75 bits per heavy atom. The van der Waals surface area contributed by atoms with E-state index in [9.17, 15) is 4.79 Å². The average Bonchev–Trinajstić information content (AvgIpc) is 2.45. The third-order valence-electron chi connectivity index (χ3n) is 2.85. The molecule has 5 heteroatoms. The fraction of sp³-hybridized carbons (Fsp3) is 0.133. The van der Waals surface area contributed by atoms with Crippen molar-refractivity contribution in [2.75, 3.05) is 5.32 Å². The van der Waals surface area contributed by atoms with Crippen LogP contribution >= 0.6 is 23.2 Å². The Labute approximate surface area is 127 Å². The van der Waals surface area contributed by atoms with Gasteiger partial charge >= 0.3 is 6.03 Å². The lowest BCUT2D eigenvalue weighted by molar-refractivity contribution is 0.249. The molecular formula is C15H14Cl2N2O. The van der Waals surface area contributed by atoms with E-state index in [0.717, 1.165) is 5.56 Å². The first-order chi connectivity index (χ1) is 9.58. The van der Waals surface area contributed by atoms with Gasteiger partial charge in [0.15, 0.2) is 0 Å². The van der Waals surface area contributed by atoms with E-state index >= 15 is 0 Å². The molecule has 0 heterocycles. The standard InChI is InChI=1S/C15H14Cl2N2O/c1-10(11-6-3-2-4-7-11)18-15(20)19-13-9-5-8-12(16)14(13)17/h2-10H,1H3,(H2,18,19,20)/t10-/m1/s1. The summed E-state index contributed by atoms with van der Waals surface area (Å²) in [6, 6.07) is 14.4. The molecule has 0 fully saturated rings. The molecule has 2 rings (SSSR count). The van der Waals surface area contributed by atoms with Crippen molar-refractivity contribution in [3.63, 3.8) is 0 Å². The van der Waals surface area contributed by atoms with Crippen molar-refractivity contribution in [2.24, 2.45) is 0 Å². The highest BCUT2D eigenvalue weighted by Gasteiger charge is 2.11. The molecular weight excluding hydrogens is 295 g/mol. The molecule has 0 aliphatic carbocycles. The Bertz CT molecular complexity index is 602. The minimum Gasteiger partial charge on any atom is -0.331 e. The van der Waals surface area contributed by atoms with E-state index in [1.807, 2.05) is 37.3 Å². The third-order valence-corrected chi connectivity index (χ3v) is 3.67. The van der Waals surface area contributed by atoms with Gasteiger partial charge in [0.1, 0.15) is 0 Å². The van der Waals surface area contributed by atoms with Gasteiger partial charge in [0, 0.05) is 0 Å². The van der Waals surface area contributed by atoms with E-state index in [4.69, 9.17) is 23.2 Å². The van der Waals surface area contributed by atoms with Crippen molar-refractivity contribution in [2.45, 2.75) is 13.0 Å². The summed E-state index contributed by atoms with van der Waals surface area (Å²) in [6.07, 6.45) is 0. The number of anilines is 1. The van der Waals surface area contributed by atoms with Gasteiger partial charge in [0.2, 0.25) is 0 Å². The first kappa shape index (κ1) is 14.7. The Morgan fingerprint density at radius 1 is 1.05 bits per heavy atom. The number of hydrogen-bond acceptors (Lipinski definition) is 1. The number of benzene rings is 2. The number of amides is 2. The minimum absolute atomic E-state index is 0.103. The number of carbonyl (C=O) groups is 1. The molecule has 0 aliphatic heterocycles. The van der Waals surface area contributed by atoms with E-state index in [-0.39, 0.29) is 12.1 Å². The minimum atomic E-state index is -0.328. The summed E-state index contributed by atoms with van der Waals surface area (Å²) in [5.41, 5.74) is 1.51. The summed E-state index contributed by atoms with van der Waals surface area (Å²) in [4.78, 5) is 11.9. The van der Waals surface area contributed by atoms with Crippen molar-refractivity contribution in [3.8, 4) is 0 Å². The molecule has 20 heavy (non-hydrogen) atoms. The van der Waals surface area contributed by atoms with Crippen LogP contribution in [0.25, 0.3) is 0 Å². The molecule has 2 amide bonds. The predicted octanol–water partition coefficient (Wildman–Crippen LogP) is 4.88. The van der Waals surface area contributed by atoms with Crippen LogP contribution in [0.4, 0.5) is 10.5 Å². The molecule has 0 bridgehead atoms. The van der Waals surface area contributed by atoms with Gasteiger partial charge in [-0.05, 0) is 24.6 Å². The van der Waals surface area contributed by atoms with Gasteiger partial charge in [-0.15, -0.1) is 0 Å². The van der Waals surface area contributed by atoms with Crippen LogP contribution in [-0.2, 0) is 0 Å². The molecule has 0 spiro atoms. The lowest BCUT2D eigenvalue weighted by atomic mass is 10.1. The fourth-order valence-corrected chi connectivity index (χ4v) is 2.13. The number of hydrogen-bond donors (Lipinski definition) is 2. The van der Waals surface area contributed by atoms with Crippen LogP contribution in [0.1, 0.15) is 18.5 Å². The maximum Gasteiger partial charge on any atom is 0.319 e. The van der Waals surface area contributed by atoms with Crippen LogP contribution in [-0.4, -0.2) is 6.03 Å². The topological polar surface area (TPSA) is 41.1 Å². The van der Waals surface area contributed by atoms with Crippen LogP contribution in [0.15, 0.2) is 48.5 Å². The van der Waals surface area contributed by atoms with Gasteiger partial charge < -0.3 is 10.6 Å². The van der Waals surface area contributed by atoms with Crippen molar-refractivity contribution >= 4 is 34.9 Å². The molecule has 2 aromatic carbocycles. The molecule has 3 nitrogen and oxygen atoms in total. The number of carbonyl (C=O) groups excluding carboxylic acids is 1. The molecule has 2 N–H and O–H groups in total. The third kappa shape index (κ3) is 3.65. The van der Waals surface area contributed by atoms with Crippen LogP contribution in [0.5, 0.6) is 0 Å². The zero-order valence-electron chi connectivity index (χ0n) is 10.9. The molecule has 0 radical (unpaired) electrons. The van der Waals surface area contributed by atoms with Crippen molar-refractivity contribution in [3.05, 3.63) is 64.1 Å². The Balaban J connectivity index is 2.01. The van der Waals surface area contributed by atoms with Crippen LogP contribution in [0.3, 0.4) is 0 Å². The Kier molecular flexibility index (Phi) is 4.88. The van der Waals surface area contributed by atoms with Crippen LogP contribution in [0, 0.1) is 0 Å². The van der Waals surface area contributed by atoms with Gasteiger partial charge in [-0.1, -0.05) is 59.6 Å². The highest BCUT2D eigenvalue weighted by atomic mass is 35.5. The molecule has 0 aromatic heterocycles. The van der Waals surface area contributed by atoms with E-state index in [2.05, 4.69) is 10.6 Å². The normalized spacial score (nSPS) is 11.8. The van der Waals surface area contributed by atoms with Crippen LogP contribution in [0.2, 0.25) is 10.0 Å². The SMILES string of the molecule is C[C@@H](NC(=O)Nc1cccc(Cl)c1Cl)c1ccccc1. The monoisotopic (exact) mass is 308 g/mol. The molecule has 0 saturated carbocycles. The number of halogens is 2. The second kappa shape index (κ2) is 6.64. The summed E-state index contributed by atoms with van der Waals surface area (Å²) >= 11 is 11.9. The summed E-state index contributed by atoms with van der Waals surface area (Å²) in [5, 5.41) is 6.26. The maximum absolute atomic E-state index is 11.9. The number of urea groups is 1. The Morgan fingerprint density at radius 3 is 2.45 bits per heavy atom. The van der Waals surface area contributed by atoms with Gasteiger partial charge in [-0.25, -0.2) is 4.79 Å². The zero-order valence-corrected chi connectivity index (χ0v) is 12.4. The first-order valence-corrected chi connectivity index (χ1v) is 6.90. The van der Waals surface area contributed by atoms with Gasteiger partial charge in [-0.2, -0.15) is 0 Å². The molecule has 104 valence electrons. The summed E-state index contributed by atoms with van der Waals surface area (Å²) in [6.45, 7) is 1.91. The second-order valence-corrected chi connectivity index (χ2v) is 5.12. The molecule has 0 unspecified atom stereocenters. The number of rotatable bonds is 3. The molecule has 0 saturated heterocycles. The van der Waals surface area contributed by atoms with Gasteiger partial charge in [0.05, 0.1) is 21.8 Å². The zero-order chi connectivity index (χ0) is 14.5.